The number of phenols is 1. The lowest BCUT2D eigenvalue weighted by Crippen LogP contribution is -2.54. The number of benzene rings is 2. The molecule has 0 radical (unpaired) electrons. The standard InChI is InChI=1S/C20H22N2O6S/c1-13(23)21-16-10-11-22(19(12-16)20(25)26)29(27,28)18-8-4-15(5-9-18)14-2-6-17(24)7-3-14/h2-9,16,19,24H,10-12H2,1H3,(H,21,23)(H,25,26)/t16-,19-/m1/s1. The van der Waals surface area contributed by atoms with Crippen LogP contribution in [0.15, 0.2) is 53.4 Å². The summed E-state index contributed by atoms with van der Waals surface area (Å²) in [7, 11) is -4.01. The van der Waals surface area contributed by atoms with Gasteiger partial charge in [-0.2, -0.15) is 4.31 Å². The smallest absolute Gasteiger partial charge is 0.322 e. The Morgan fingerprint density at radius 1 is 1.03 bits per heavy atom. The third kappa shape index (κ3) is 4.57. The molecule has 154 valence electrons. The summed E-state index contributed by atoms with van der Waals surface area (Å²) in [6, 6.07) is 11.0. The molecule has 0 spiro atoms. The first-order valence-electron chi connectivity index (χ1n) is 9.09. The van der Waals surface area contributed by atoms with Gasteiger partial charge in [0.1, 0.15) is 11.8 Å². The topological polar surface area (TPSA) is 124 Å². The van der Waals surface area contributed by atoms with Crippen molar-refractivity contribution in [1.29, 1.82) is 0 Å². The van der Waals surface area contributed by atoms with E-state index in [1.165, 1.54) is 31.2 Å². The summed E-state index contributed by atoms with van der Waals surface area (Å²) in [6.45, 7) is 1.35. The number of rotatable bonds is 5. The molecule has 1 saturated heterocycles. The van der Waals surface area contributed by atoms with Crippen LogP contribution in [0.4, 0.5) is 0 Å². The number of carboxylic acids is 1. The molecule has 1 heterocycles. The highest BCUT2D eigenvalue weighted by Gasteiger charge is 2.41. The van der Waals surface area contributed by atoms with Crippen LogP contribution in [0.3, 0.4) is 0 Å². The van der Waals surface area contributed by atoms with Crippen LogP contribution in [0.5, 0.6) is 5.75 Å². The van der Waals surface area contributed by atoms with Gasteiger partial charge in [-0.15, -0.1) is 0 Å². The fourth-order valence-corrected chi connectivity index (χ4v) is 5.09. The van der Waals surface area contributed by atoms with Crippen molar-refractivity contribution in [2.75, 3.05) is 6.54 Å². The van der Waals surface area contributed by atoms with Crippen LogP contribution in [-0.2, 0) is 19.6 Å². The normalized spacial score (nSPS) is 20.2. The van der Waals surface area contributed by atoms with Crippen molar-refractivity contribution in [2.45, 2.75) is 36.7 Å². The van der Waals surface area contributed by atoms with Crippen molar-refractivity contribution >= 4 is 21.9 Å². The van der Waals surface area contributed by atoms with Crippen LogP contribution in [0.25, 0.3) is 11.1 Å². The van der Waals surface area contributed by atoms with Gasteiger partial charge in [-0.05, 0) is 48.2 Å². The van der Waals surface area contributed by atoms with E-state index in [2.05, 4.69) is 5.32 Å². The molecule has 9 heteroatoms. The molecule has 1 aliphatic rings. The largest absolute Gasteiger partial charge is 0.508 e. The van der Waals surface area contributed by atoms with Crippen molar-refractivity contribution in [3.63, 3.8) is 0 Å². The number of nitrogens with one attached hydrogen (secondary N) is 1. The molecule has 1 amide bonds. The quantitative estimate of drug-likeness (QED) is 0.680. The predicted molar refractivity (Wildman–Crippen MR) is 106 cm³/mol. The zero-order valence-electron chi connectivity index (χ0n) is 15.8. The molecular formula is C20H22N2O6S. The molecule has 1 fully saturated rings. The Morgan fingerprint density at radius 2 is 1.59 bits per heavy atom. The minimum Gasteiger partial charge on any atom is -0.508 e. The van der Waals surface area contributed by atoms with Gasteiger partial charge in [-0.25, -0.2) is 8.42 Å². The maximum atomic E-state index is 13.1. The summed E-state index contributed by atoms with van der Waals surface area (Å²) in [4.78, 5) is 23.0. The second kappa shape index (κ2) is 8.22. The van der Waals surface area contributed by atoms with E-state index in [4.69, 9.17) is 0 Å². The van der Waals surface area contributed by atoms with Gasteiger partial charge in [-0.3, -0.25) is 9.59 Å². The highest BCUT2D eigenvalue weighted by Crippen LogP contribution is 2.28. The summed E-state index contributed by atoms with van der Waals surface area (Å²) in [5.41, 5.74) is 1.58. The molecule has 29 heavy (non-hydrogen) atoms. The minimum absolute atomic E-state index is 0.00393. The molecule has 0 aliphatic carbocycles. The molecule has 2 atom stereocenters. The predicted octanol–water partition coefficient (Wildman–Crippen LogP) is 1.80. The van der Waals surface area contributed by atoms with Gasteiger partial charge in [0.2, 0.25) is 15.9 Å². The summed E-state index contributed by atoms with van der Waals surface area (Å²) >= 11 is 0. The molecule has 2 aromatic carbocycles. The average Bonchev–Trinajstić information content (AvgIpc) is 2.68. The number of hydrogen-bond donors (Lipinski definition) is 3. The third-order valence-corrected chi connectivity index (χ3v) is 6.83. The summed E-state index contributed by atoms with van der Waals surface area (Å²) in [5, 5.41) is 21.6. The molecule has 8 nitrogen and oxygen atoms in total. The third-order valence-electron chi connectivity index (χ3n) is 4.91. The first-order valence-corrected chi connectivity index (χ1v) is 10.5. The number of sulfonamides is 1. The Hall–Kier alpha value is -2.91. The fraction of sp³-hybridized carbons (Fsp3) is 0.300. The average molecular weight is 418 g/mol. The van der Waals surface area contributed by atoms with Crippen molar-refractivity contribution in [3.8, 4) is 16.9 Å². The number of carbonyl (C=O) groups is 2. The van der Waals surface area contributed by atoms with Crippen molar-refractivity contribution in [3.05, 3.63) is 48.5 Å². The first kappa shape index (κ1) is 20.8. The zero-order chi connectivity index (χ0) is 21.2. The second-order valence-electron chi connectivity index (χ2n) is 6.96. The number of aliphatic carboxylic acids is 1. The lowest BCUT2D eigenvalue weighted by molar-refractivity contribution is -0.143. The molecule has 0 bridgehead atoms. The Labute approximate surface area is 168 Å². The van der Waals surface area contributed by atoms with Crippen LogP contribution in [0, 0.1) is 0 Å². The van der Waals surface area contributed by atoms with E-state index >= 15 is 0 Å². The van der Waals surface area contributed by atoms with Gasteiger partial charge in [0.15, 0.2) is 0 Å². The van der Waals surface area contributed by atoms with E-state index in [-0.39, 0.29) is 35.6 Å². The number of carbonyl (C=O) groups excluding carboxylic acids is 1. The van der Waals surface area contributed by atoms with Crippen LogP contribution in [0.1, 0.15) is 19.8 Å². The molecular weight excluding hydrogens is 396 g/mol. The van der Waals surface area contributed by atoms with Gasteiger partial charge in [0, 0.05) is 19.5 Å². The van der Waals surface area contributed by atoms with E-state index in [0.29, 0.717) is 6.42 Å². The Bertz CT molecular complexity index is 1000. The molecule has 3 rings (SSSR count). The SMILES string of the molecule is CC(=O)N[C@@H]1CCN(S(=O)(=O)c2ccc(-c3ccc(O)cc3)cc2)[C@@H](C(=O)O)C1. The molecule has 0 saturated carbocycles. The van der Waals surface area contributed by atoms with E-state index in [1.54, 1.807) is 24.3 Å². The molecule has 0 unspecified atom stereocenters. The summed E-state index contributed by atoms with van der Waals surface area (Å²) in [6.07, 6.45) is 0.355. The van der Waals surface area contributed by atoms with Gasteiger partial charge >= 0.3 is 5.97 Å². The highest BCUT2D eigenvalue weighted by molar-refractivity contribution is 7.89. The van der Waals surface area contributed by atoms with Gasteiger partial charge in [0.25, 0.3) is 0 Å². The number of hydrogen-bond acceptors (Lipinski definition) is 5. The molecule has 3 N–H and O–H groups in total. The Balaban J connectivity index is 1.84. The van der Waals surface area contributed by atoms with E-state index in [9.17, 15) is 28.2 Å². The van der Waals surface area contributed by atoms with Gasteiger partial charge in [-0.1, -0.05) is 24.3 Å². The van der Waals surface area contributed by atoms with Gasteiger partial charge in [0.05, 0.1) is 4.90 Å². The van der Waals surface area contributed by atoms with E-state index in [1.807, 2.05) is 0 Å². The van der Waals surface area contributed by atoms with Crippen molar-refractivity contribution < 1.29 is 28.2 Å². The van der Waals surface area contributed by atoms with Crippen molar-refractivity contribution in [2.24, 2.45) is 0 Å². The fourth-order valence-electron chi connectivity index (χ4n) is 3.48. The van der Waals surface area contributed by atoms with Crippen LogP contribution in [0.2, 0.25) is 0 Å². The number of aromatic hydroxyl groups is 1. The molecule has 1 aliphatic heterocycles. The first-order chi connectivity index (χ1) is 13.7. The maximum absolute atomic E-state index is 13.1. The molecule has 2 aromatic rings. The summed E-state index contributed by atoms with van der Waals surface area (Å²) in [5.74, 6) is -1.39. The van der Waals surface area contributed by atoms with Gasteiger partial charge < -0.3 is 15.5 Å². The van der Waals surface area contributed by atoms with Crippen LogP contribution >= 0.6 is 0 Å². The monoisotopic (exact) mass is 418 g/mol. The summed E-state index contributed by atoms with van der Waals surface area (Å²) < 4.78 is 27.1. The zero-order valence-corrected chi connectivity index (χ0v) is 16.6. The Kier molecular flexibility index (Phi) is 5.90. The van der Waals surface area contributed by atoms with Crippen LogP contribution < -0.4 is 5.32 Å². The number of piperidine rings is 1. The van der Waals surface area contributed by atoms with Crippen molar-refractivity contribution in [1.82, 2.24) is 9.62 Å². The molecule has 0 aromatic heterocycles. The van der Waals surface area contributed by atoms with E-state index in [0.717, 1.165) is 15.4 Å². The lowest BCUT2D eigenvalue weighted by atomic mass is 9.99. The Morgan fingerprint density at radius 3 is 2.10 bits per heavy atom. The number of amides is 1. The number of phenolic OH excluding ortho intramolecular Hbond substituents is 1. The number of carboxylic acid groups (broad SMARTS) is 1. The second-order valence-corrected chi connectivity index (χ2v) is 8.85. The lowest BCUT2D eigenvalue weighted by Gasteiger charge is -2.36. The highest BCUT2D eigenvalue weighted by atomic mass is 32.2. The van der Waals surface area contributed by atoms with Crippen LogP contribution in [-0.4, -0.2) is 53.4 Å². The minimum atomic E-state index is -4.01. The number of nitrogens with zero attached hydrogens (tertiary/aromatic N) is 1. The van der Waals surface area contributed by atoms with E-state index < -0.39 is 22.0 Å². The maximum Gasteiger partial charge on any atom is 0.322 e.